The Morgan fingerprint density at radius 2 is 1.72 bits per heavy atom. The van der Waals surface area contributed by atoms with E-state index in [4.69, 9.17) is 4.74 Å². The maximum atomic E-state index is 12.9. The highest BCUT2D eigenvalue weighted by molar-refractivity contribution is 5.88. The third-order valence-electron chi connectivity index (χ3n) is 3.49. The maximum Gasteiger partial charge on any atom is 0.408 e. The van der Waals surface area contributed by atoms with Gasteiger partial charge in [0.2, 0.25) is 0 Å². The lowest BCUT2D eigenvalue weighted by Gasteiger charge is -2.32. The second-order valence-corrected chi connectivity index (χ2v) is 6.87. The van der Waals surface area contributed by atoms with E-state index in [1.807, 2.05) is 19.1 Å². The van der Waals surface area contributed by atoms with Crippen molar-refractivity contribution >= 4 is 18.0 Å². The smallest absolute Gasteiger partial charge is 0.408 e. The van der Waals surface area contributed by atoms with Crippen LogP contribution in [-0.4, -0.2) is 41.9 Å². The van der Waals surface area contributed by atoms with Crippen LogP contribution in [0.2, 0.25) is 0 Å². The summed E-state index contributed by atoms with van der Waals surface area (Å²) in [5.74, 6) is -0.345. The number of nitrogens with one attached hydrogen (secondary N) is 3. The standard InChI is InChI=1S/C17H24N4O4/c1-11-5-7-12(8-6-11)13(20-16(24)25-17(2,3)4)14(22)21-9-18-15(23)19-10-21/h5-8,13H,9-10H2,1-4H3,(H,20,24)(H2,18,19,23). The fourth-order valence-electron chi connectivity index (χ4n) is 2.26. The summed E-state index contributed by atoms with van der Waals surface area (Å²) < 4.78 is 5.26. The Kier molecular flexibility index (Phi) is 5.51. The van der Waals surface area contributed by atoms with Crippen molar-refractivity contribution < 1.29 is 19.1 Å². The van der Waals surface area contributed by atoms with E-state index in [1.54, 1.807) is 32.9 Å². The number of hydrogen-bond donors (Lipinski definition) is 3. The van der Waals surface area contributed by atoms with Gasteiger partial charge in [-0.2, -0.15) is 0 Å². The van der Waals surface area contributed by atoms with Gasteiger partial charge in [0, 0.05) is 0 Å². The Hall–Kier alpha value is -2.77. The first kappa shape index (κ1) is 18.6. The second kappa shape index (κ2) is 7.42. The van der Waals surface area contributed by atoms with Crippen molar-refractivity contribution in [3.05, 3.63) is 35.4 Å². The Morgan fingerprint density at radius 3 is 2.24 bits per heavy atom. The van der Waals surface area contributed by atoms with Crippen LogP contribution in [0.15, 0.2) is 24.3 Å². The van der Waals surface area contributed by atoms with Gasteiger partial charge in [-0.25, -0.2) is 9.59 Å². The van der Waals surface area contributed by atoms with E-state index >= 15 is 0 Å². The third-order valence-corrected chi connectivity index (χ3v) is 3.49. The molecule has 1 heterocycles. The zero-order valence-corrected chi connectivity index (χ0v) is 14.9. The highest BCUT2D eigenvalue weighted by atomic mass is 16.6. The predicted octanol–water partition coefficient (Wildman–Crippen LogP) is 1.62. The summed E-state index contributed by atoms with van der Waals surface area (Å²) >= 11 is 0. The van der Waals surface area contributed by atoms with Crippen molar-refractivity contribution in [1.29, 1.82) is 0 Å². The monoisotopic (exact) mass is 348 g/mol. The lowest BCUT2D eigenvalue weighted by molar-refractivity contribution is -0.134. The summed E-state index contributed by atoms with van der Waals surface area (Å²) in [7, 11) is 0. The summed E-state index contributed by atoms with van der Waals surface area (Å²) in [6.45, 7) is 7.33. The zero-order valence-electron chi connectivity index (χ0n) is 14.9. The van der Waals surface area contributed by atoms with Gasteiger partial charge in [0.1, 0.15) is 11.6 Å². The van der Waals surface area contributed by atoms with Crippen LogP contribution in [-0.2, 0) is 9.53 Å². The minimum Gasteiger partial charge on any atom is -0.444 e. The molecule has 8 heteroatoms. The normalized spacial score (nSPS) is 15.7. The Balaban J connectivity index is 2.19. The predicted molar refractivity (Wildman–Crippen MR) is 91.5 cm³/mol. The number of carbonyl (C=O) groups excluding carboxylic acids is 3. The fourth-order valence-corrected chi connectivity index (χ4v) is 2.26. The number of ether oxygens (including phenoxy) is 1. The number of hydrogen-bond acceptors (Lipinski definition) is 4. The number of urea groups is 1. The van der Waals surface area contributed by atoms with Crippen LogP contribution in [0, 0.1) is 6.92 Å². The van der Waals surface area contributed by atoms with E-state index in [-0.39, 0.29) is 25.3 Å². The van der Waals surface area contributed by atoms with Crippen LogP contribution in [0.25, 0.3) is 0 Å². The van der Waals surface area contributed by atoms with Gasteiger partial charge < -0.3 is 25.6 Å². The molecule has 1 aromatic rings. The minimum atomic E-state index is -0.910. The minimum absolute atomic E-state index is 0.0724. The van der Waals surface area contributed by atoms with Gasteiger partial charge in [0.15, 0.2) is 0 Å². The molecule has 1 saturated heterocycles. The largest absolute Gasteiger partial charge is 0.444 e. The Morgan fingerprint density at radius 1 is 1.16 bits per heavy atom. The summed E-state index contributed by atoms with van der Waals surface area (Å²) in [5.41, 5.74) is 1.00. The van der Waals surface area contributed by atoms with Crippen LogP contribution in [0.3, 0.4) is 0 Å². The zero-order chi connectivity index (χ0) is 18.6. The molecule has 1 fully saturated rings. The van der Waals surface area contributed by atoms with Gasteiger partial charge in [0.25, 0.3) is 5.91 Å². The molecule has 2 rings (SSSR count). The number of amides is 4. The molecule has 136 valence electrons. The number of nitrogens with zero attached hydrogens (tertiary/aromatic N) is 1. The molecule has 4 amide bonds. The molecule has 1 aliphatic rings. The summed E-state index contributed by atoms with van der Waals surface area (Å²) in [6.07, 6.45) is -0.680. The van der Waals surface area contributed by atoms with E-state index in [9.17, 15) is 14.4 Å². The maximum absolute atomic E-state index is 12.9. The molecular weight excluding hydrogens is 324 g/mol. The molecule has 0 aromatic heterocycles. The van der Waals surface area contributed by atoms with Crippen LogP contribution >= 0.6 is 0 Å². The van der Waals surface area contributed by atoms with Crippen LogP contribution in [0.1, 0.15) is 37.9 Å². The van der Waals surface area contributed by atoms with Crippen LogP contribution in [0.5, 0.6) is 0 Å². The molecule has 0 saturated carbocycles. The van der Waals surface area contributed by atoms with Crippen LogP contribution < -0.4 is 16.0 Å². The Bertz CT molecular complexity index is 642. The molecule has 0 spiro atoms. The molecule has 0 radical (unpaired) electrons. The first-order valence-electron chi connectivity index (χ1n) is 8.02. The van der Waals surface area contributed by atoms with Crippen molar-refractivity contribution in [1.82, 2.24) is 20.9 Å². The van der Waals surface area contributed by atoms with Gasteiger partial charge in [-0.3, -0.25) is 4.79 Å². The SMILES string of the molecule is Cc1ccc(C(NC(=O)OC(C)(C)C)C(=O)N2CNC(=O)NC2)cc1. The van der Waals surface area contributed by atoms with Crippen LogP contribution in [0.4, 0.5) is 9.59 Å². The van der Waals surface area contributed by atoms with Crippen molar-refractivity contribution in [2.45, 2.75) is 39.3 Å². The lowest BCUT2D eigenvalue weighted by Crippen LogP contribution is -2.58. The topological polar surface area (TPSA) is 99.8 Å². The average Bonchev–Trinajstić information content (AvgIpc) is 2.52. The van der Waals surface area contributed by atoms with Crippen molar-refractivity contribution in [3.63, 3.8) is 0 Å². The van der Waals surface area contributed by atoms with Gasteiger partial charge >= 0.3 is 12.1 Å². The van der Waals surface area contributed by atoms with E-state index in [0.29, 0.717) is 5.56 Å². The van der Waals surface area contributed by atoms with E-state index < -0.39 is 17.7 Å². The van der Waals surface area contributed by atoms with E-state index in [2.05, 4.69) is 16.0 Å². The molecule has 8 nitrogen and oxygen atoms in total. The highest BCUT2D eigenvalue weighted by Crippen LogP contribution is 2.18. The molecular formula is C17H24N4O4. The van der Waals surface area contributed by atoms with Gasteiger partial charge in [-0.1, -0.05) is 29.8 Å². The molecule has 3 N–H and O–H groups in total. The number of aryl methyl sites for hydroxylation is 1. The molecule has 0 aliphatic carbocycles. The van der Waals surface area contributed by atoms with Crippen molar-refractivity contribution in [3.8, 4) is 0 Å². The second-order valence-electron chi connectivity index (χ2n) is 6.87. The van der Waals surface area contributed by atoms with Crippen molar-refractivity contribution in [2.24, 2.45) is 0 Å². The quantitative estimate of drug-likeness (QED) is 0.773. The number of carbonyl (C=O) groups is 3. The van der Waals surface area contributed by atoms with Gasteiger partial charge in [0.05, 0.1) is 13.3 Å². The number of rotatable bonds is 3. The first-order chi connectivity index (χ1) is 11.7. The first-order valence-corrected chi connectivity index (χ1v) is 8.02. The molecule has 0 bridgehead atoms. The lowest BCUT2D eigenvalue weighted by atomic mass is 10.0. The molecule has 1 aromatic carbocycles. The summed E-state index contributed by atoms with van der Waals surface area (Å²) in [4.78, 5) is 37.6. The summed E-state index contributed by atoms with van der Waals surface area (Å²) in [6, 6.07) is 6.05. The number of alkyl carbamates (subject to hydrolysis) is 1. The molecule has 1 unspecified atom stereocenters. The summed E-state index contributed by atoms with van der Waals surface area (Å²) in [5, 5.41) is 7.69. The fraction of sp³-hybridized carbons (Fsp3) is 0.471. The van der Waals surface area contributed by atoms with E-state index in [1.165, 1.54) is 4.90 Å². The molecule has 1 aliphatic heterocycles. The molecule has 1 atom stereocenters. The van der Waals surface area contributed by atoms with E-state index in [0.717, 1.165) is 5.56 Å². The highest BCUT2D eigenvalue weighted by Gasteiger charge is 2.31. The average molecular weight is 348 g/mol. The van der Waals surface area contributed by atoms with Crippen molar-refractivity contribution in [2.75, 3.05) is 13.3 Å². The molecule has 25 heavy (non-hydrogen) atoms. The van der Waals surface area contributed by atoms with Gasteiger partial charge in [-0.15, -0.1) is 0 Å². The van der Waals surface area contributed by atoms with Gasteiger partial charge in [-0.05, 0) is 33.3 Å². The number of benzene rings is 1. The Labute approximate surface area is 146 Å². The third kappa shape index (κ3) is 5.37.